The Morgan fingerprint density at radius 3 is 2.47 bits per heavy atom. The molecule has 1 aromatic carbocycles. The summed E-state index contributed by atoms with van der Waals surface area (Å²) < 4.78 is 37.1. The highest BCUT2D eigenvalue weighted by Crippen LogP contribution is 2.48. The van der Waals surface area contributed by atoms with E-state index in [1.807, 2.05) is 6.07 Å². The number of methoxy groups -OCH3 is 2. The summed E-state index contributed by atoms with van der Waals surface area (Å²) in [5.74, 6) is 1.04. The van der Waals surface area contributed by atoms with E-state index >= 15 is 0 Å². The normalized spacial score (nSPS) is 30.8. The van der Waals surface area contributed by atoms with Gasteiger partial charge in [-0.3, -0.25) is 0 Å². The standard InChI is InChI=1S/C13H17NO4S/c1-13-4-5-14(8-13)19(15,16)12-7-11(18-3)10(17-2)6-9(12)13/h6-7H,4-5,8H2,1-3H3/t13-/m1/s1. The van der Waals surface area contributed by atoms with E-state index in [4.69, 9.17) is 9.47 Å². The van der Waals surface area contributed by atoms with Crippen LogP contribution in [0.1, 0.15) is 18.9 Å². The third-order valence-corrected chi connectivity index (χ3v) is 6.08. The molecule has 0 N–H and O–H groups in total. The molecular weight excluding hydrogens is 266 g/mol. The molecule has 5 nitrogen and oxygen atoms in total. The van der Waals surface area contributed by atoms with Crippen molar-refractivity contribution in [2.45, 2.75) is 23.7 Å². The number of nitrogens with zero attached hydrogens (tertiary/aromatic N) is 1. The van der Waals surface area contributed by atoms with Crippen molar-refractivity contribution in [3.05, 3.63) is 17.7 Å². The number of hydrogen-bond donors (Lipinski definition) is 0. The van der Waals surface area contributed by atoms with Crippen molar-refractivity contribution in [1.82, 2.24) is 4.31 Å². The fourth-order valence-electron chi connectivity index (χ4n) is 3.03. The van der Waals surface area contributed by atoms with E-state index in [0.29, 0.717) is 29.5 Å². The molecule has 2 bridgehead atoms. The lowest BCUT2D eigenvalue weighted by molar-refractivity contribution is 0.348. The lowest BCUT2D eigenvalue weighted by Crippen LogP contribution is -2.39. The predicted molar refractivity (Wildman–Crippen MR) is 70.3 cm³/mol. The van der Waals surface area contributed by atoms with Crippen LogP contribution in [0.15, 0.2) is 17.0 Å². The molecule has 0 aliphatic carbocycles. The maximum atomic E-state index is 12.5. The first kappa shape index (κ1) is 12.7. The molecule has 2 atom stereocenters. The smallest absolute Gasteiger partial charge is 0.243 e. The van der Waals surface area contributed by atoms with E-state index in [-0.39, 0.29) is 5.41 Å². The van der Waals surface area contributed by atoms with Crippen molar-refractivity contribution >= 4 is 10.0 Å². The summed E-state index contributed by atoms with van der Waals surface area (Å²) in [7, 11) is -0.319. The Labute approximate surface area is 113 Å². The Kier molecular flexibility index (Phi) is 2.59. The van der Waals surface area contributed by atoms with E-state index in [9.17, 15) is 8.42 Å². The molecule has 1 fully saturated rings. The molecule has 2 heterocycles. The molecule has 19 heavy (non-hydrogen) atoms. The summed E-state index contributed by atoms with van der Waals surface area (Å²) in [5.41, 5.74) is 0.721. The van der Waals surface area contributed by atoms with Crippen molar-refractivity contribution < 1.29 is 17.9 Å². The van der Waals surface area contributed by atoms with Crippen molar-refractivity contribution in [1.29, 1.82) is 0 Å². The fourth-order valence-corrected chi connectivity index (χ4v) is 4.93. The number of sulfonamides is 1. The summed E-state index contributed by atoms with van der Waals surface area (Å²) in [4.78, 5) is 0.358. The van der Waals surface area contributed by atoms with Crippen LogP contribution in [-0.4, -0.2) is 40.0 Å². The number of benzene rings is 1. The van der Waals surface area contributed by atoms with Crippen LogP contribution in [0.2, 0.25) is 0 Å². The fraction of sp³-hybridized carbons (Fsp3) is 0.538. The van der Waals surface area contributed by atoms with Crippen molar-refractivity contribution in [2.75, 3.05) is 27.3 Å². The zero-order chi connectivity index (χ0) is 13.8. The van der Waals surface area contributed by atoms with Crippen molar-refractivity contribution in [3.63, 3.8) is 0 Å². The lowest BCUT2D eigenvalue weighted by atomic mass is 9.81. The van der Waals surface area contributed by atoms with E-state index in [1.54, 1.807) is 17.5 Å². The summed E-state index contributed by atoms with van der Waals surface area (Å²) >= 11 is 0. The van der Waals surface area contributed by atoms with Gasteiger partial charge in [-0.2, -0.15) is 4.31 Å². The van der Waals surface area contributed by atoms with E-state index in [1.165, 1.54) is 7.11 Å². The monoisotopic (exact) mass is 283 g/mol. The molecule has 3 rings (SSSR count). The molecular formula is C13H17NO4S. The van der Waals surface area contributed by atoms with E-state index < -0.39 is 10.0 Å². The number of rotatable bonds is 2. The van der Waals surface area contributed by atoms with Gasteiger partial charge in [0.15, 0.2) is 11.5 Å². The lowest BCUT2D eigenvalue weighted by Gasteiger charge is -2.33. The molecule has 0 saturated carbocycles. The molecule has 1 unspecified atom stereocenters. The molecule has 2 aliphatic heterocycles. The SMILES string of the molecule is COc1cc2c(cc1OC)S(=O)(=O)N1CC[C@]2(C)C1. The topological polar surface area (TPSA) is 55.8 Å². The molecule has 6 heteroatoms. The quantitative estimate of drug-likeness (QED) is 0.822. The van der Waals surface area contributed by atoms with Gasteiger partial charge in [0.2, 0.25) is 10.0 Å². The van der Waals surface area contributed by atoms with Crippen LogP contribution >= 0.6 is 0 Å². The van der Waals surface area contributed by atoms with Crippen LogP contribution in [0.4, 0.5) is 0 Å². The largest absolute Gasteiger partial charge is 0.493 e. The zero-order valence-corrected chi connectivity index (χ0v) is 12.1. The van der Waals surface area contributed by atoms with Gasteiger partial charge in [-0.25, -0.2) is 8.42 Å². The van der Waals surface area contributed by atoms with Gasteiger partial charge >= 0.3 is 0 Å². The van der Waals surface area contributed by atoms with Gasteiger partial charge in [-0.1, -0.05) is 6.92 Å². The van der Waals surface area contributed by atoms with Gasteiger partial charge in [0.1, 0.15) is 0 Å². The van der Waals surface area contributed by atoms with Crippen LogP contribution in [0.5, 0.6) is 11.5 Å². The first-order chi connectivity index (χ1) is 8.92. The summed E-state index contributed by atoms with van der Waals surface area (Å²) in [6.07, 6.45) is 0.842. The minimum atomic E-state index is -3.39. The molecule has 1 saturated heterocycles. The highest BCUT2D eigenvalue weighted by atomic mass is 32.2. The molecule has 0 radical (unpaired) electrons. The van der Waals surface area contributed by atoms with Gasteiger partial charge in [0.25, 0.3) is 0 Å². The summed E-state index contributed by atoms with van der Waals surface area (Å²) in [6.45, 7) is 3.24. The minimum absolute atomic E-state index is 0.125. The van der Waals surface area contributed by atoms with Crippen LogP contribution in [-0.2, 0) is 15.4 Å². The third-order valence-electron chi connectivity index (χ3n) is 4.19. The predicted octanol–water partition coefficient (Wildman–Crippen LogP) is 1.37. The van der Waals surface area contributed by atoms with Crippen molar-refractivity contribution in [3.8, 4) is 11.5 Å². The Morgan fingerprint density at radius 2 is 1.84 bits per heavy atom. The molecule has 1 aromatic rings. The van der Waals surface area contributed by atoms with Gasteiger partial charge in [-0.05, 0) is 18.1 Å². The molecule has 0 aromatic heterocycles. The van der Waals surface area contributed by atoms with Gasteiger partial charge in [0, 0.05) is 24.6 Å². The van der Waals surface area contributed by atoms with E-state index in [2.05, 4.69) is 6.92 Å². The Morgan fingerprint density at radius 1 is 1.21 bits per heavy atom. The second kappa shape index (κ2) is 3.86. The van der Waals surface area contributed by atoms with Crippen LogP contribution in [0, 0.1) is 0 Å². The van der Waals surface area contributed by atoms with Crippen molar-refractivity contribution in [2.24, 2.45) is 0 Å². The first-order valence-corrected chi connectivity index (χ1v) is 7.63. The van der Waals surface area contributed by atoms with Crippen LogP contribution < -0.4 is 9.47 Å². The summed E-state index contributed by atoms with van der Waals surface area (Å²) in [5, 5.41) is 0. The van der Waals surface area contributed by atoms with E-state index in [0.717, 1.165) is 12.0 Å². The maximum absolute atomic E-state index is 12.5. The second-order valence-corrected chi connectivity index (χ2v) is 7.26. The van der Waals surface area contributed by atoms with Gasteiger partial charge in [0.05, 0.1) is 19.1 Å². The first-order valence-electron chi connectivity index (χ1n) is 6.19. The van der Waals surface area contributed by atoms with Crippen LogP contribution in [0.25, 0.3) is 0 Å². The van der Waals surface area contributed by atoms with Gasteiger partial charge in [-0.15, -0.1) is 0 Å². The maximum Gasteiger partial charge on any atom is 0.243 e. The molecule has 0 amide bonds. The molecule has 104 valence electrons. The third kappa shape index (κ3) is 1.59. The van der Waals surface area contributed by atoms with Crippen LogP contribution in [0.3, 0.4) is 0 Å². The highest BCUT2D eigenvalue weighted by molar-refractivity contribution is 7.89. The second-order valence-electron chi connectivity index (χ2n) is 5.35. The Hall–Kier alpha value is -1.27. The summed E-state index contributed by atoms with van der Waals surface area (Å²) in [6, 6.07) is 3.40. The minimum Gasteiger partial charge on any atom is -0.493 e. The van der Waals surface area contributed by atoms with Gasteiger partial charge < -0.3 is 9.47 Å². The zero-order valence-electron chi connectivity index (χ0n) is 11.3. The number of ether oxygens (including phenoxy) is 2. The Balaban J connectivity index is 2.32. The highest BCUT2D eigenvalue weighted by Gasteiger charge is 2.49. The average Bonchev–Trinajstić information content (AvgIpc) is 2.78. The molecule has 2 aliphatic rings. The number of hydrogen-bond acceptors (Lipinski definition) is 4. The number of fused-ring (bicyclic) bond motifs is 4. The molecule has 0 spiro atoms. The Bertz CT molecular complexity index is 640. The average molecular weight is 283 g/mol.